The monoisotopic (exact) mass is 333 g/mol. The van der Waals surface area contributed by atoms with Crippen LogP contribution >= 0.6 is 0 Å². The molecular weight excluding hydrogens is 308 g/mol. The van der Waals surface area contributed by atoms with Gasteiger partial charge < -0.3 is 5.32 Å². The van der Waals surface area contributed by atoms with Gasteiger partial charge in [0.15, 0.2) is 0 Å². The van der Waals surface area contributed by atoms with Gasteiger partial charge in [-0.3, -0.25) is 0 Å². The van der Waals surface area contributed by atoms with Gasteiger partial charge >= 0.3 is 0 Å². The van der Waals surface area contributed by atoms with Crippen molar-refractivity contribution in [3.8, 4) is 11.3 Å². The highest BCUT2D eigenvalue weighted by Gasteiger charge is 2.17. The van der Waals surface area contributed by atoms with Crippen LogP contribution in [0.15, 0.2) is 18.2 Å². The quantitative estimate of drug-likeness (QED) is 0.761. The molecule has 2 aromatic rings. The third-order valence-corrected chi connectivity index (χ3v) is 4.22. The average molecular weight is 333 g/mol. The Hall–Kier alpha value is -2.04. The highest BCUT2D eigenvalue weighted by Crippen LogP contribution is 2.28. The van der Waals surface area contributed by atoms with Crippen LogP contribution in [0.4, 0.5) is 14.6 Å². The van der Waals surface area contributed by atoms with Gasteiger partial charge in [-0.2, -0.15) is 0 Å². The predicted octanol–water partition coefficient (Wildman–Crippen LogP) is 5.15. The van der Waals surface area contributed by atoms with Crippen LogP contribution in [0, 0.1) is 11.6 Å². The van der Waals surface area contributed by atoms with Crippen LogP contribution in [0.5, 0.6) is 0 Å². The third-order valence-electron chi connectivity index (χ3n) is 4.22. The van der Waals surface area contributed by atoms with E-state index in [9.17, 15) is 8.78 Å². The molecule has 0 amide bonds. The number of aryl methyl sites for hydroxylation is 2. The fraction of sp³-hybridized carbons (Fsp3) is 0.474. The van der Waals surface area contributed by atoms with E-state index in [1.165, 1.54) is 12.1 Å². The van der Waals surface area contributed by atoms with Crippen molar-refractivity contribution in [2.45, 2.75) is 59.4 Å². The van der Waals surface area contributed by atoms with Gasteiger partial charge in [0.25, 0.3) is 0 Å². The van der Waals surface area contributed by atoms with E-state index in [0.717, 1.165) is 30.4 Å². The molecule has 130 valence electrons. The molecule has 1 heterocycles. The number of benzene rings is 1. The number of halogens is 2. The van der Waals surface area contributed by atoms with Gasteiger partial charge in [0.1, 0.15) is 17.5 Å². The Labute approximate surface area is 142 Å². The van der Waals surface area contributed by atoms with Crippen LogP contribution < -0.4 is 5.32 Å². The third kappa shape index (κ3) is 3.89. The molecule has 0 bridgehead atoms. The molecule has 5 heteroatoms. The number of nitrogens with zero attached hydrogens (tertiary/aromatic N) is 2. The average Bonchev–Trinajstić information content (AvgIpc) is 2.59. The first-order valence-corrected chi connectivity index (χ1v) is 8.65. The minimum atomic E-state index is -0.609. The van der Waals surface area contributed by atoms with Crippen molar-refractivity contribution >= 4 is 5.82 Å². The second kappa shape index (κ2) is 8.18. The van der Waals surface area contributed by atoms with Crippen LogP contribution in [0.3, 0.4) is 0 Å². The minimum Gasteiger partial charge on any atom is -0.366 e. The van der Waals surface area contributed by atoms with Crippen molar-refractivity contribution < 1.29 is 8.78 Å². The van der Waals surface area contributed by atoms with Gasteiger partial charge in [-0.05, 0) is 37.8 Å². The zero-order valence-electron chi connectivity index (χ0n) is 14.8. The summed E-state index contributed by atoms with van der Waals surface area (Å²) in [5.74, 6) is -0.430. The van der Waals surface area contributed by atoms with Crippen molar-refractivity contribution in [2.24, 2.45) is 0 Å². The van der Waals surface area contributed by atoms with Gasteiger partial charge in [0.2, 0.25) is 0 Å². The van der Waals surface area contributed by atoms with Gasteiger partial charge in [-0.15, -0.1) is 0 Å². The van der Waals surface area contributed by atoms with E-state index in [4.69, 9.17) is 4.98 Å². The largest absolute Gasteiger partial charge is 0.366 e. The van der Waals surface area contributed by atoms with Crippen molar-refractivity contribution in [3.63, 3.8) is 0 Å². The zero-order valence-corrected chi connectivity index (χ0v) is 14.8. The van der Waals surface area contributed by atoms with E-state index in [-0.39, 0.29) is 0 Å². The minimum absolute atomic E-state index is 0.296. The Morgan fingerprint density at radius 3 is 2.17 bits per heavy atom. The lowest BCUT2D eigenvalue weighted by Crippen LogP contribution is -2.20. The lowest BCUT2D eigenvalue weighted by molar-refractivity contribution is 0.585. The molecule has 0 spiro atoms. The second-order valence-electron chi connectivity index (χ2n) is 5.80. The fourth-order valence-electron chi connectivity index (χ4n) is 2.70. The van der Waals surface area contributed by atoms with Crippen LogP contribution in [0.1, 0.15) is 51.9 Å². The Morgan fingerprint density at radius 1 is 0.958 bits per heavy atom. The predicted molar refractivity (Wildman–Crippen MR) is 94.1 cm³/mol. The first-order valence-electron chi connectivity index (χ1n) is 8.65. The smallest absolute Gasteiger partial charge is 0.148 e. The summed E-state index contributed by atoms with van der Waals surface area (Å²) in [7, 11) is 0. The van der Waals surface area contributed by atoms with Crippen molar-refractivity contribution in [1.29, 1.82) is 0 Å². The molecule has 0 atom stereocenters. The summed E-state index contributed by atoms with van der Waals surface area (Å²) >= 11 is 0. The molecule has 0 aliphatic heterocycles. The summed E-state index contributed by atoms with van der Waals surface area (Å²) < 4.78 is 27.4. The first kappa shape index (κ1) is 18.3. The van der Waals surface area contributed by atoms with Gasteiger partial charge in [0.05, 0.1) is 17.1 Å². The lowest BCUT2D eigenvalue weighted by atomic mass is 10.1. The van der Waals surface area contributed by atoms with Gasteiger partial charge in [-0.25, -0.2) is 18.7 Å². The zero-order chi connectivity index (χ0) is 17.7. The molecule has 0 unspecified atom stereocenters. The van der Waals surface area contributed by atoms with Crippen LogP contribution in [0.25, 0.3) is 11.3 Å². The van der Waals surface area contributed by atoms with Crippen LogP contribution in [0.2, 0.25) is 0 Å². The Kier molecular flexibility index (Phi) is 6.23. The number of nitrogens with one attached hydrogen (secondary N) is 1. The van der Waals surface area contributed by atoms with Crippen LogP contribution in [-0.4, -0.2) is 16.0 Å². The van der Waals surface area contributed by atoms with E-state index in [1.807, 2.05) is 13.8 Å². The molecule has 2 rings (SSSR count). The first-order chi connectivity index (χ1) is 11.5. The molecule has 0 radical (unpaired) electrons. The van der Waals surface area contributed by atoms with Crippen LogP contribution in [-0.2, 0) is 12.8 Å². The molecule has 3 nitrogen and oxygen atoms in total. The summed E-state index contributed by atoms with van der Waals surface area (Å²) in [6.07, 6.45) is 3.31. The van der Waals surface area contributed by atoms with E-state index in [0.29, 0.717) is 35.8 Å². The molecule has 0 fully saturated rings. The number of rotatable bonds is 7. The van der Waals surface area contributed by atoms with E-state index < -0.39 is 11.6 Å². The number of hydrogen-bond donors (Lipinski definition) is 1. The standard InChI is InChI=1S/C19H25F2N3/c1-5-13(6-2)22-19-17(8-4)23-18(16(7-3)24-19)14-10-9-12(20)11-15(14)21/h9-11,13H,5-8H2,1-4H3,(H,22,24). The number of hydrogen-bond acceptors (Lipinski definition) is 3. The maximum atomic E-state index is 14.2. The van der Waals surface area contributed by atoms with Gasteiger partial charge in [-0.1, -0.05) is 27.7 Å². The normalized spacial score (nSPS) is 11.1. The van der Waals surface area contributed by atoms with Gasteiger partial charge in [0, 0.05) is 17.7 Å². The van der Waals surface area contributed by atoms with E-state index in [2.05, 4.69) is 24.1 Å². The molecule has 1 aromatic heterocycles. The SMILES string of the molecule is CCc1nc(-c2ccc(F)cc2F)c(CC)nc1NC(CC)CC. The van der Waals surface area contributed by atoms with Crippen molar-refractivity contribution in [2.75, 3.05) is 5.32 Å². The second-order valence-corrected chi connectivity index (χ2v) is 5.80. The molecule has 0 saturated heterocycles. The summed E-state index contributed by atoms with van der Waals surface area (Å²) in [6.45, 7) is 8.21. The molecule has 0 aliphatic carbocycles. The lowest BCUT2D eigenvalue weighted by Gasteiger charge is -2.19. The maximum absolute atomic E-state index is 14.2. The summed E-state index contributed by atoms with van der Waals surface area (Å²) in [5.41, 5.74) is 2.32. The molecular formula is C19H25F2N3. The molecule has 0 aliphatic rings. The van der Waals surface area contributed by atoms with E-state index >= 15 is 0 Å². The topological polar surface area (TPSA) is 37.8 Å². The Balaban J connectivity index is 2.53. The highest BCUT2D eigenvalue weighted by atomic mass is 19.1. The number of anilines is 1. The highest BCUT2D eigenvalue weighted by molar-refractivity contribution is 5.64. The molecule has 0 saturated carbocycles. The maximum Gasteiger partial charge on any atom is 0.148 e. The van der Waals surface area contributed by atoms with Crippen molar-refractivity contribution in [1.82, 2.24) is 9.97 Å². The van der Waals surface area contributed by atoms with Crippen molar-refractivity contribution in [3.05, 3.63) is 41.2 Å². The number of aromatic nitrogens is 2. The molecule has 24 heavy (non-hydrogen) atoms. The fourth-order valence-corrected chi connectivity index (χ4v) is 2.70. The molecule has 1 N–H and O–H groups in total. The summed E-state index contributed by atoms with van der Waals surface area (Å²) in [6, 6.07) is 3.91. The summed E-state index contributed by atoms with van der Waals surface area (Å²) in [4.78, 5) is 9.36. The molecule has 1 aromatic carbocycles. The summed E-state index contributed by atoms with van der Waals surface area (Å²) in [5, 5.41) is 3.45. The van der Waals surface area contributed by atoms with E-state index in [1.54, 1.807) is 0 Å². The Bertz CT molecular complexity index is 697. The Morgan fingerprint density at radius 2 is 1.62 bits per heavy atom.